The number of carbonyl (C=O) groups is 1. The molecule has 0 aromatic carbocycles. The third-order valence-corrected chi connectivity index (χ3v) is 2.52. The lowest BCUT2D eigenvalue weighted by atomic mass is 10.2. The van der Waals surface area contributed by atoms with Gasteiger partial charge in [0.05, 0.1) is 6.61 Å². The molecule has 0 aliphatic rings. The van der Waals surface area contributed by atoms with Crippen LogP contribution < -0.4 is 5.32 Å². The van der Waals surface area contributed by atoms with Crippen LogP contribution in [-0.4, -0.2) is 42.4 Å². The molecule has 0 bridgehead atoms. The number of hydrogen-bond acceptors (Lipinski definition) is 3. The lowest BCUT2D eigenvalue weighted by Crippen LogP contribution is -2.31. The fourth-order valence-electron chi connectivity index (χ4n) is 1.43. The smallest absolute Gasteiger partial charge is 0.267 e. The second-order valence-corrected chi connectivity index (χ2v) is 4.08. The van der Waals surface area contributed by atoms with E-state index in [1.54, 1.807) is 13.2 Å². The molecule has 1 heterocycles. The highest BCUT2D eigenvalue weighted by atomic mass is 16.5. The van der Waals surface area contributed by atoms with Gasteiger partial charge in [0.15, 0.2) is 0 Å². The third-order valence-electron chi connectivity index (χ3n) is 2.52. The van der Waals surface area contributed by atoms with Gasteiger partial charge in [-0.05, 0) is 18.1 Å². The Balaban J connectivity index is 2.53. The predicted molar refractivity (Wildman–Crippen MR) is 64.9 cm³/mol. The molecule has 1 unspecified atom stereocenters. The molecule has 1 aromatic rings. The summed E-state index contributed by atoms with van der Waals surface area (Å²) < 4.78 is 6.83. The van der Waals surface area contributed by atoms with E-state index in [9.17, 15) is 4.79 Å². The second kappa shape index (κ2) is 7.09. The highest BCUT2D eigenvalue weighted by molar-refractivity contribution is 5.92. The van der Waals surface area contributed by atoms with E-state index in [1.165, 1.54) is 0 Å². The highest BCUT2D eigenvalue weighted by Crippen LogP contribution is 2.02. The summed E-state index contributed by atoms with van der Waals surface area (Å²) in [5.41, 5.74) is 0.618. The summed E-state index contributed by atoms with van der Waals surface area (Å²) in [4.78, 5) is 11.9. The molecule has 2 N–H and O–H groups in total. The van der Waals surface area contributed by atoms with Gasteiger partial charge in [-0.15, -0.1) is 0 Å². The van der Waals surface area contributed by atoms with Crippen molar-refractivity contribution in [1.82, 2.24) is 9.88 Å². The molecule has 0 saturated heterocycles. The molecule has 0 radical (unpaired) electrons. The van der Waals surface area contributed by atoms with Crippen molar-refractivity contribution in [1.29, 1.82) is 0 Å². The minimum Gasteiger partial charge on any atom is -0.396 e. The number of ether oxygens (including phenoxy) is 1. The maximum Gasteiger partial charge on any atom is 0.267 e. The van der Waals surface area contributed by atoms with Gasteiger partial charge in [-0.25, -0.2) is 0 Å². The lowest BCUT2D eigenvalue weighted by molar-refractivity contribution is 0.0930. The number of nitrogens with one attached hydrogen (secondary N) is 1. The molecule has 0 fully saturated rings. The number of aromatic nitrogens is 1. The number of rotatable bonds is 7. The Hall–Kier alpha value is -1.33. The summed E-state index contributed by atoms with van der Waals surface area (Å²) in [7, 11) is 1.63. The van der Waals surface area contributed by atoms with Crippen LogP contribution in [0.3, 0.4) is 0 Å². The summed E-state index contributed by atoms with van der Waals surface area (Å²) in [6, 6.07) is 3.61. The molecule has 5 nitrogen and oxygen atoms in total. The molecule has 1 rings (SSSR count). The monoisotopic (exact) mass is 240 g/mol. The van der Waals surface area contributed by atoms with Crippen molar-refractivity contribution in [2.24, 2.45) is 5.92 Å². The van der Waals surface area contributed by atoms with E-state index in [-0.39, 0.29) is 18.4 Å². The minimum absolute atomic E-state index is 0.0707. The van der Waals surface area contributed by atoms with E-state index in [4.69, 9.17) is 9.84 Å². The van der Waals surface area contributed by atoms with Crippen LogP contribution in [0.25, 0.3) is 0 Å². The zero-order valence-corrected chi connectivity index (χ0v) is 10.3. The number of carbonyl (C=O) groups excluding carboxylic acids is 1. The van der Waals surface area contributed by atoms with Crippen LogP contribution in [0.15, 0.2) is 18.3 Å². The van der Waals surface area contributed by atoms with E-state index in [1.807, 2.05) is 23.8 Å². The van der Waals surface area contributed by atoms with Crippen LogP contribution in [0.2, 0.25) is 0 Å². The molecule has 0 aliphatic carbocycles. The van der Waals surface area contributed by atoms with Crippen molar-refractivity contribution >= 4 is 5.91 Å². The first-order chi connectivity index (χ1) is 8.19. The van der Waals surface area contributed by atoms with Crippen LogP contribution in [-0.2, 0) is 11.3 Å². The molecule has 5 heteroatoms. The summed E-state index contributed by atoms with van der Waals surface area (Å²) in [6.45, 7) is 3.66. The molecule has 17 heavy (non-hydrogen) atoms. The van der Waals surface area contributed by atoms with Crippen molar-refractivity contribution in [3.63, 3.8) is 0 Å². The zero-order chi connectivity index (χ0) is 12.7. The van der Waals surface area contributed by atoms with Crippen LogP contribution in [0, 0.1) is 5.92 Å². The van der Waals surface area contributed by atoms with Crippen molar-refractivity contribution in [3.8, 4) is 0 Å². The normalized spacial score (nSPS) is 12.4. The molecule has 1 atom stereocenters. The Morgan fingerprint density at radius 1 is 1.65 bits per heavy atom. The van der Waals surface area contributed by atoms with Gasteiger partial charge in [0.1, 0.15) is 5.69 Å². The number of amides is 1. The first-order valence-corrected chi connectivity index (χ1v) is 5.72. The summed E-state index contributed by atoms with van der Waals surface area (Å²) >= 11 is 0. The van der Waals surface area contributed by atoms with Crippen LogP contribution >= 0.6 is 0 Å². The van der Waals surface area contributed by atoms with Gasteiger partial charge in [-0.1, -0.05) is 6.92 Å². The molecular weight excluding hydrogens is 220 g/mol. The Labute approximate surface area is 101 Å². The van der Waals surface area contributed by atoms with Gasteiger partial charge in [0.2, 0.25) is 0 Å². The maximum absolute atomic E-state index is 11.9. The topological polar surface area (TPSA) is 63.5 Å². The van der Waals surface area contributed by atoms with Crippen molar-refractivity contribution in [2.45, 2.75) is 13.5 Å². The molecule has 1 aromatic heterocycles. The molecule has 1 amide bonds. The maximum atomic E-state index is 11.9. The highest BCUT2D eigenvalue weighted by Gasteiger charge is 2.11. The quantitative estimate of drug-likeness (QED) is 0.729. The van der Waals surface area contributed by atoms with Crippen LogP contribution in [0.4, 0.5) is 0 Å². The van der Waals surface area contributed by atoms with Gasteiger partial charge in [-0.3, -0.25) is 4.79 Å². The fraction of sp³-hybridized carbons (Fsp3) is 0.583. The number of hydrogen-bond donors (Lipinski definition) is 2. The number of aliphatic hydroxyl groups is 1. The average molecular weight is 240 g/mol. The van der Waals surface area contributed by atoms with Crippen LogP contribution in [0.5, 0.6) is 0 Å². The van der Waals surface area contributed by atoms with Gasteiger partial charge >= 0.3 is 0 Å². The Morgan fingerprint density at radius 3 is 3.06 bits per heavy atom. The van der Waals surface area contributed by atoms with Crippen molar-refractivity contribution in [3.05, 3.63) is 24.0 Å². The average Bonchev–Trinajstić information content (AvgIpc) is 2.81. The number of aliphatic hydroxyl groups excluding tert-OH is 1. The molecule has 0 aliphatic heterocycles. The SMILES string of the molecule is COCCn1cccc1C(=O)NCC(C)CO. The van der Waals surface area contributed by atoms with E-state index < -0.39 is 0 Å². The minimum atomic E-state index is -0.119. The van der Waals surface area contributed by atoms with Crippen molar-refractivity contribution in [2.75, 3.05) is 26.9 Å². The summed E-state index contributed by atoms with van der Waals surface area (Å²) in [6.07, 6.45) is 1.85. The predicted octanol–water partition coefficient (Wildman–Crippen LogP) is 0.493. The van der Waals surface area contributed by atoms with Gasteiger partial charge in [0.25, 0.3) is 5.91 Å². The number of nitrogens with zero attached hydrogens (tertiary/aromatic N) is 1. The van der Waals surface area contributed by atoms with Crippen LogP contribution in [0.1, 0.15) is 17.4 Å². The lowest BCUT2D eigenvalue weighted by Gasteiger charge is -2.11. The van der Waals surface area contributed by atoms with Gasteiger partial charge < -0.3 is 19.7 Å². The third kappa shape index (κ3) is 4.20. The van der Waals surface area contributed by atoms with Gasteiger partial charge in [0, 0.05) is 33.0 Å². The molecule has 96 valence electrons. The summed E-state index contributed by atoms with van der Waals surface area (Å²) in [5, 5.41) is 11.7. The Kier molecular flexibility index (Phi) is 5.72. The first-order valence-electron chi connectivity index (χ1n) is 5.72. The van der Waals surface area contributed by atoms with E-state index >= 15 is 0 Å². The molecule has 0 spiro atoms. The zero-order valence-electron chi connectivity index (χ0n) is 10.3. The Bertz CT molecular complexity index is 349. The second-order valence-electron chi connectivity index (χ2n) is 4.08. The van der Waals surface area contributed by atoms with Gasteiger partial charge in [-0.2, -0.15) is 0 Å². The molecule has 0 saturated carbocycles. The first kappa shape index (κ1) is 13.7. The number of methoxy groups -OCH3 is 1. The molecular formula is C12H20N2O3. The fourth-order valence-corrected chi connectivity index (χ4v) is 1.43. The summed E-state index contributed by atoms with van der Waals surface area (Å²) in [5.74, 6) is -0.0484. The van der Waals surface area contributed by atoms with E-state index in [2.05, 4.69) is 5.32 Å². The Morgan fingerprint density at radius 2 is 2.41 bits per heavy atom. The largest absolute Gasteiger partial charge is 0.396 e. The standard InChI is InChI=1S/C12H20N2O3/c1-10(9-15)8-13-12(16)11-4-3-5-14(11)6-7-17-2/h3-5,10,15H,6-9H2,1-2H3,(H,13,16). The van der Waals surface area contributed by atoms with Crippen molar-refractivity contribution < 1.29 is 14.6 Å². The van der Waals surface area contributed by atoms with E-state index in [0.29, 0.717) is 25.4 Å². The van der Waals surface area contributed by atoms with E-state index in [0.717, 1.165) is 0 Å².